The third-order valence-corrected chi connectivity index (χ3v) is 3.60. The fraction of sp³-hybridized carbons (Fsp3) is 0.235. The highest BCUT2D eigenvalue weighted by Gasteiger charge is 2.06. The lowest BCUT2D eigenvalue weighted by molar-refractivity contribution is 0.707. The van der Waals surface area contributed by atoms with E-state index < -0.39 is 0 Å². The first-order valence-electron chi connectivity index (χ1n) is 7.05. The van der Waals surface area contributed by atoms with Gasteiger partial charge in [0, 0.05) is 17.1 Å². The Hall–Kier alpha value is -2.29. The third kappa shape index (κ3) is 2.82. The van der Waals surface area contributed by atoms with E-state index in [1.807, 2.05) is 18.3 Å². The summed E-state index contributed by atoms with van der Waals surface area (Å²) in [5.74, 6) is 0. The molecule has 0 amide bonds. The molecule has 0 saturated heterocycles. The van der Waals surface area contributed by atoms with Crippen molar-refractivity contribution in [2.75, 3.05) is 5.32 Å². The molecule has 0 spiro atoms. The molecule has 3 nitrogen and oxygen atoms in total. The van der Waals surface area contributed by atoms with E-state index in [0.717, 1.165) is 29.4 Å². The second-order valence-electron chi connectivity index (χ2n) is 5.21. The van der Waals surface area contributed by atoms with Gasteiger partial charge < -0.3 is 5.32 Å². The van der Waals surface area contributed by atoms with Crippen LogP contribution in [0.15, 0.2) is 54.7 Å². The number of fused-ring (bicyclic) bond motifs is 1. The van der Waals surface area contributed by atoms with E-state index in [1.165, 1.54) is 5.56 Å². The lowest BCUT2D eigenvalue weighted by Gasteiger charge is -2.16. The highest BCUT2D eigenvalue weighted by atomic mass is 15.1. The molecular formula is C17H19N3. The number of rotatable bonds is 5. The Labute approximate surface area is 119 Å². The number of benzene rings is 2. The Bertz CT molecular complexity index is 673. The van der Waals surface area contributed by atoms with Gasteiger partial charge in [-0.25, -0.2) is 0 Å². The first-order valence-corrected chi connectivity index (χ1v) is 7.05. The Morgan fingerprint density at radius 3 is 2.80 bits per heavy atom. The predicted molar refractivity (Wildman–Crippen MR) is 83.9 cm³/mol. The van der Waals surface area contributed by atoms with Gasteiger partial charge in [0.05, 0.1) is 11.7 Å². The van der Waals surface area contributed by atoms with Gasteiger partial charge in [0.1, 0.15) is 0 Å². The molecule has 3 rings (SSSR count). The molecule has 20 heavy (non-hydrogen) atoms. The maximum absolute atomic E-state index is 4.10. The van der Waals surface area contributed by atoms with Gasteiger partial charge in [0.25, 0.3) is 0 Å². The Morgan fingerprint density at radius 2 is 1.95 bits per heavy atom. The molecule has 1 aromatic heterocycles. The van der Waals surface area contributed by atoms with Gasteiger partial charge in [-0.3, -0.25) is 5.10 Å². The van der Waals surface area contributed by atoms with E-state index in [2.05, 4.69) is 58.8 Å². The van der Waals surface area contributed by atoms with Gasteiger partial charge in [-0.2, -0.15) is 5.10 Å². The molecule has 2 aromatic carbocycles. The van der Waals surface area contributed by atoms with Crippen molar-refractivity contribution >= 4 is 16.6 Å². The van der Waals surface area contributed by atoms with E-state index in [9.17, 15) is 0 Å². The largest absolute Gasteiger partial charge is 0.382 e. The number of nitrogens with one attached hydrogen (secondary N) is 2. The third-order valence-electron chi connectivity index (χ3n) is 3.60. The van der Waals surface area contributed by atoms with Crippen molar-refractivity contribution in [1.82, 2.24) is 10.2 Å². The average molecular weight is 265 g/mol. The number of hydrogen-bond acceptors (Lipinski definition) is 2. The first kappa shape index (κ1) is 12.7. The number of aromatic nitrogens is 2. The number of hydrogen-bond donors (Lipinski definition) is 2. The summed E-state index contributed by atoms with van der Waals surface area (Å²) in [5, 5.41) is 11.8. The summed E-state index contributed by atoms with van der Waals surface area (Å²) in [6.45, 7) is 2.22. The zero-order valence-electron chi connectivity index (χ0n) is 11.6. The smallest absolute Gasteiger partial charge is 0.0671 e. The maximum atomic E-state index is 4.10. The standard InChI is InChI=1S/C17H19N3/c1-13(10-11-14-6-3-2-4-7-14)19-16-8-5-9-17-15(16)12-18-20-17/h2-9,12-13,19H,10-11H2,1H3,(H,18,20). The van der Waals surface area contributed by atoms with E-state index in [4.69, 9.17) is 0 Å². The minimum absolute atomic E-state index is 0.427. The number of anilines is 1. The summed E-state index contributed by atoms with van der Waals surface area (Å²) < 4.78 is 0. The summed E-state index contributed by atoms with van der Waals surface area (Å²) in [6.07, 6.45) is 4.08. The zero-order chi connectivity index (χ0) is 13.8. The van der Waals surface area contributed by atoms with E-state index in [-0.39, 0.29) is 0 Å². The minimum atomic E-state index is 0.427. The first-order chi connectivity index (χ1) is 9.83. The summed E-state index contributed by atoms with van der Waals surface area (Å²) in [7, 11) is 0. The van der Waals surface area contributed by atoms with Crippen LogP contribution in [0.5, 0.6) is 0 Å². The van der Waals surface area contributed by atoms with Crippen LogP contribution < -0.4 is 5.32 Å². The van der Waals surface area contributed by atoms with Crippen molar-refractivity contribution in [2.45, 2.75) is 25.8 Å². The van der Waals surface area contributed by atoms with Crippen LogP contribution in [0.1, 0.15) is 18.9 Å². The molecule has 102 valence electrons. The topological polar surface area (TPSA) is 40.7 Å². The molecule has 3 aromatic rings. The van der Waals surface area contributed by atoms with Crippen molar-refractivity contribution < 1.29 is 0 Å². The summed E-state index contributed by atoms with van der Waals surface area (Å²) in [6, 6.07) is 17.2. The predicted octanol–water partition coefficient (Wildman–Crippen LogP) is 4.00. The molecule has 1 unspecified atom stereocenters. The van der Waals surface area contributed by atoms with Crippen molar-refractivity contribution in [3.8, 4) is 0 Å². The highest BCUT2D eigenvalue weighted by molar-refractivity contribution is 5.90. The second kappa shape index (κ2) is 5.78. The van der Waals surface area contributed by atoms with Crippen molar-refractivity contribution in [3.63, 3.8) is 0 Å². The highest BCUT2D eigenvalue weighted by Crippen LogP contribution is 2.22. The monoisotopic (exact) mass is 265 g/mol. The van der Waals surface area contributed by atoms with Crippen LogP contribution >= 0.6 is 0 Å². The van der Waals surface area contributed by atoms with Crippen LogP contribution in [0.25, 0.3) is 10.9 Å². The van der Waals surface area contributed by atoms with Crippen LogP contribution in [0.2, 0.25) is 0 Å². The molecule has 0 bridgehead atoms. The molecule has 0 fully saturated rings. The molecule has 3 heteroatoms. The lowest BCUT2D eigenvalue weighted by atomic mass is 10.1. The van der Waals surface area contributed by atoms with Crippen LogP contribution in [0, 0.1) is 0 Å². The quantitative estimate of drug-likeness (QED) is 0.732. The van der Waals surface area contributed by atoms with Crippen LogP contribution in [0.3, 0.4) is 0 Å². The zero-order valence-corrected chi connectivity index (χ0v) is 11.6. The molecule has 0 aliphatic rings. The Morgan fingerprint density at radius 1 is 1.10 bits per heavy atom. The molecule has 0 aliphatic carbocycles. The fourth-order valence-electron chi connectivity index (χ4n) is 2.46. The molecule has 0 aliphatic heterocycles. The molecule has 0 radical (unpaired) electrons. The average Bonchev–Trinajstić information content (AvgIpc) is 2.96. The van der Waals surface area contributed by atoms with Crippen molar-refractivity contribution in [1.29, 1.82) is 0 Å². The van der Waals surface area contributed by atoms with Crippen LogP contribution in [0.4, 0.5) is 5.69 Å². The minimum Gasteiger partial charge on any atom is -0.382 e. The Kier molecular flexibility index (Phi) is 3.68. The summed E-state index contributed by atoms with van der Waals surface area (Å²) in [4.78, 5) is 0. The van der Waals surface area contributed by atoms with Gasteiger partial charge in [-0.05, 0) is 37.5 Å². The van der Waals surface area contributed by atoms with Gasteiger partial charge in [-0.15, -0.1) is 0 Å². The normalized spacial score (nSPS) is 12.4. The van der Waals surface area contributed by atoms with Gasteiger partial charge in [0.15, 0.2) is 0 Å². The van der Waals surface area contributed by atoms with E-state index >= 15 is 0 Å². The van der Waals surface area contributed by atoms with E-state index in [0.29, 0.717) is 6.04 Å². The molecule has 1 heterocycles. The SMILES string of the molecule is CC(CCc1ccccc1)Nc1cccc2[nH]ncc12. The number of H-pyrrole nitrogens is 1. The van der Waals surface area contributed by atoms with Gasteiger partial charge in [0.2, 0.25) is 0 Å². The fourth-order valence-corrected chi connectivity index (χ4v) is 2.46. The number of aryl methyl sites for hydroxylation is 1. The lowest BCUT2D eigenvalue weighted by Crippen LogP contribution is -2.16. The Balaban J connectivity index is 1.64. The van der Waals surface area contributed by atoms with E-state index in [1.54, 1.807) is 0 Å². The van der Waals surface area contributed by atoms with Crippen molar-refractivity contribution in [2.24, 2.45) is 0 Å². The van der Waals surface area contributed by atoms with Crippen molar-refractivity contribution in [3.05, 3.63) is 60.3 Å². The van der Waals surface area contributed by atoms with Crippen LogP contribution in [-0.2, 0) is 6.42 Å². The second-order valence-corrected chi connectivity index (χ2v) is 5.21. The number of nitrogens with zero attached hydrogens (tertiary/aromatic N) is 1. The van der Waals surface area contributed by atoms with Gasteiger partial charge in [-0.1, -0.05) is 36.4 Å². The number of aromatic amines is 1. The molecule has 2 N–H and O–H groups in total. The summed E-state index contributed by atoms with van der Waals surface area (Å²) in [5.41, 5.74) is 3.62. The van der Waals surface area contributed by atoms with Gasteiger partial charge >= 0.3 is 0 Å². The summed E-state index contributed by atoms with van der Waals surface area (Å²) >= 11 is 0. The van der Waals surface area contributed by atoms with Crippen LogP contribution in [-0.4, -0.2) is 16.2 Å². The molecule has 1 atom stereocenters. The maximum Gasteiger partial charge on any atom is 0.0671 e. The molecular weight excluding hydrogens is 246 g/mol. The molecule has 0 saturated carbocycles.